The molecule has 18 heteroatoms. The van der Waals surface area contributed by atoms with E-state index in [1.54, 1.807) is 17.4 Å². The summed E-state index contributed by atoms with van der Waals surface area (Å²) in [6.45, 7) is 0.483. The number of thioether (sulfide) groups is 1. The Kier molecular flexibility index (Phi) is 9.03. The third-order valence-electron chi connectivity index (χ3n) is 7.34. The van der Waals surface area contributed by atoms with Crippen molar-refractivity contribution in [2.45, 2.75) is 24.1 Å². The summed E-state index contributed by atoms with van der Waals surface area (Å²) in [5.74, 6) is -5.27. The van der Waals surface area contributed by atoms with Crippen LogP contribution in [0, 0.1) is 0 Å². The van der Waals surface area contributed by atoms with Gasteiger partial charge >= 0.3 is 11.9 Å². The first-order valence-electron chi connectivity index (χ1n) is 14.0. The van der Waals surface area contributed by atoms with Gasteiger partial charge in [0, 0.05) is 22.8 Å². The number of carboxylic acid groups (broad SMARTS) is 2. The number of phenolic OH excluding ortho intramolecular Hbond substituents is 2. The highest BCUT2D eigenvalue weighted by Gasteiger charge is 2.54. The number of nitrogen functional groups attached to an aromatic ring is 1. The molecule has 3 aromatic heterocycles. The molecule has 0 bridgehead atoms. The summed E-state index contributed by atoms with van der Waals surface area (Å²) in [6.07, 6.45) is 3.63. The molecule has 3 unspecified atom stereocenters. The van der Waals surface area contributed by atoms with Crippen LogP contribution in [0.3, 0.4) is 0 Å². The summed E-state index contributed by atoms with van der Waals surface area (Å²) in [4.78, 5) is 62.5. The van der Waals surface area contributed by atoms with Crippen LogP contribution < -0.4 is 15.6 Å². The highest BCUT2D eigenvalue weighted by molar-refractivity contribution is 8.00. The number of aromatic nitrogens is 2. The number of nitrogens with two attached hydrogens (primary N) is 1. The molecule has 3 atom stereocenters. The summed E-state index contributed by atoms with van der Waals surface area (Å²) >= 11 is 3.83. The Morgan fingerprint density at radius 2 is 2.00 bits per heavy atom. The van der Waals surface area contributed by atoms with Crippen LogP contribution in [-0.4, -0.2) is 76.9 Å². The van der Waals surface area contributed by atoms with Crippen molar-refractivity contribution in [3.8, 4) is 11.5 Å². The van der Waals surface area contributed by atoms with E-state index in [-0.39, 0.29) is 27.8 Å². The lowest BCUT2D eigenvalue weighted by atomic mass is 10.0. The number of oxime groups is 1. The van der Waals surface area contributed by atoms with Crippen molar-refractivity contribution < 1.29 is 49.0 Å². The first-order chi connectivity index (χ1) is 23.0. The molecule has 2 amide bonds. The average molecular weight is 710 g/mol. The molecule has 1 aromatic carbocycles. The second-order valence-corrected chi connectivity index (χ2v) is 13.3. The summed E-state index contributed by atoms with van der Waals surface area (Å²) in [7, 11) is 0. The number of hydrogen-bond donors (Lipinski definition) is 6. The number of nitrogens with one attached hydrogen (secondary N) is 1. The highest BCUT2D eigenvalue weighted by atomic mass is 32.2. The van der Waals surface area contributed by atoms with Gasteiger partial charge in [0.2, 0.25) is 6.10 Å². The second-order valence-electron chi connectivity index (χ2n) is 10.4. The van der Waals surface area contributed by atoms with Gasteiger partial charge < -0.3 is 36.3 Å². The topological polar surface area (TPSA) is 229 Å². The zero-order valence-electron chi connectivity index (χ0n) is 24.4. The molecule has 15 nitrogen and oxygen atoms in total. The Labute approximate surface area is 282 Å². The number of thiophene rings is 1. The van der Waals surface area contributed by atoms with Gasteiger partial charge in [-0.2, -0.15) is 4.57 Å². The van der Waals surface area contributed by atoms with Gasteiger partial charge in [0.15, 0.2) is 35.1 Å². The predicted molar refractivity (Wildman–Crippen MR) is 175 cm³/mol. The van der Waals surface area contributed by atoms with Crippen molar-refractivity contribution in [1.82, 2.24) is 15.2 Å². The van der Waals surface area contributed by atoms with Crippen LogP contribution in [0.25, 0.3) is 10.2 Å². The summed E-state index contributed by atoms with van der Waals surface area (Å²) < 4.78 is 2.03. The van der Waals surface area contributed by atoms with Gasteiger partial charge in [-0.1, -0.05) is 28.6 Å². The second kappa shape index (κ2) is 13.3. The molecule has 6 rings (SSSR count). The average Bonchev–Trinajstić information content (AvgIpc) is 3.72. The van der Waals surface area contributed by atoms with Gasteiger partial charge in [0.1, 0.15) is 22.8 Å². The minimum Gasteiger partial charge on any atom is -0.504 e. The normalized spacial score (nSPS) is 18.5. The SMILES string of the molecule is Nc1nc(/C(=N\OC(C(=O)O)c2ccc(O)c(O)c2)C(=O)NC2C(=O)N3C(C(=O)O)=C(/C=C/C[n+]4cccc5ccsc54)CSC23)cs1. The van der Waals surface area contributed by atoms with Gasteiger partial charge in [-0.15, -0.1) is 23.1 Å². The number of β-lactam (4-membered cyclic amide) rings is 1. The van der Waals surface area contributed by atoms with Crippen LogP contribution >= 0.6 is 34.4 Å². The van der Waals surface area contributed by atoms with E-state index in [0.29, 0.717) is 12.1 Å². The number of fused-ring (bicyclic) bond motifs is 2. The number of carboxylic acids is 2. The van der Waals surface area contributed by atoms with Gasteiger partial charge in [0.25, 0.3) is 16.6 Å². The van der Waals surface area contributed by atoms with Crippen LogP contribution in [0.2, 0.25) is 0 Å². The number of anilines is 1. The number of phenols is 2. The summed E-state index contributed by atoms with van der Waals surface area (Å²) in [6, 6.07) is 8.02. The molecular formula is C30H25N6O9S3+. The number of hydrogen-bond acceptors (Lipinski definition) is 13. The van der Waals surface area contributed by atoms with Crippen molar-refractivity contribution in [1.29, 1.82) is 0 Å². The summed E-state index contributed by atoms with van der Waals surface area (Å²) in [5, 5.41) is 49.3. The van der Waals surface area contributed by atoms with Crippen LogP contribution in [0.1, 0.15) is 17.4 Å². The number of allylic oxidation sites excluding steroid dienone is 2. The van der Waals surface area contributed by atoms with E-state index in [9.17, 15) is 39.6 Å². The molecule has 5 heterocycles. The van der Waals surface area contributed by atoms with Gasteiger partial charge in [-0.05, 0) is 41.3 Å². The molecule has 246 valence electrons. The first-order valence-corrected chi connectivity index (χ1v) is 16.8. The van der Waals surface area contributed by atoms with Gasteiger partial charge in [-0.3, -0.25) is 14.5 Å². The number of aromatic hydroxyl groups is 2. The molecule has 0 spiro atoms. The fourth-order valence-corrected chi connectivity index (χ4v) is 7.83. The molecule has 0 saturated carbocycles. The van der Waals surface area contributed by atoms with Crippen molar-refractivity contribution in [2.24, 2.45) is 5.16 Å². The molecule has 1 saturated heterocycles. The predicted octanol–water partition coefficient (Wildman–Crippen LogP) is 2.18. The Balaban J connectivity index is 1.20. The molecule has 48 heavy (non-hydrogen) atoms. The third kappa shape index (κ3) is 6.27. The first kappa shape index (κ1) is 32.5. The fourth-order valence-electron chi connectivity index (χ4n) is 5.08. The van der Waals surface area contributed by atoms with Gasteiger partial charge in [0.05, 0.1) is 5.39 Å². The molecule has 0 radical (unpaired) electrons. The Morgan fingerprint density at radius 3 is 2.71 bits per heavy atom. The minimum atomic E-state index is -1.81. The van der Waals surface area contributed by atoms with E-state index >= 15 is 0 Å². The fraction of sp³-hybridized carbons (Fsp3) is 0.167. The molecule has 4 aromatic rings. The molecule has 0 aliphatic carbocycles. The van der Waals surface area contributed by atoms with Crippen LogP contribution in [0.15, 0.2) is 81.9 Å². The van der Waals surface area contributed by atoms with Crippen molar-refractivity contribution in [3.05, 3.63) is 88.0 Å². The molecule has 7 N–H and O–H groups in total. The maximum absolute atomic E-state index is 13.5. The van der Waals surface area contributed by atoms with Crippen molar-refractivity contribution in [2.75, 3.05) is 11.5 Å². The lowest BCUT2D eigenvalue weighted by Crippen LogP contribution is -2.71. The number of benzene rings is 1. The van der Waals surface area contributed by atoms with E-state index in [1.165, 1.54) is 23.2 Å². The number of nitrogens with zero attached hydrogens (tertiary/aromatic N) is 4. The monoisotopic (exact) mass is 709 g/mol. The lowest BCUT2D eigenvalue weighted by molar-refractivity contribution is -0.658. The maximum atomic E-state index is 13.5. The number of carbonyl (C=O) groups excluding carboxylic acids is 2. The molecule has 2 aliphatic heterocycles. The number of pyridine rings is 1. The number of thiazole rings is 1. The summed E-state index contributed by atoms with van der Waals surface area (Å²) in [5.41, 5.74) is 5.33. The quantitative estimate of drug-likeness (QED) is 0.0433. The maximum Gasteiger partial charge on any atom is 0.352 e. The molecule has 1 fully saturated rings. The minimum absolute atomic E-state index is 0.0673. The van der Waals surface area contributed by atoms with E-state index < -0.39 is 58.5 Å². The largest absolute Gasteiger partial charge is 0.504 e. The molecular weight excluding hydrogens is 685 g/mol. The number of carbonyl (C=O) groups is 4. The Hall–Kier alpha value is -5.46. The van der Waals surface area contributed by atoms with Crippen LogP contribution in [0.4, 0.5) is 5.13 Å². The Bertz CT molecular complexity index is 2060. The third-order valence-corrected chi connectivity index (χ3v) is 10.3. The zero-order valence-corrected chi connectivity index (χ0v) is 26.9. The van der Waals surface area contributed by atoms with E-state index in [4.69, 9.17) is 10.6 Å². The number of aliphatic carboxylic acids is 2. The number of amides is 2. The van der Waals surface area contributed by atoms with Crippen LogP contribution in [-0.2, 0) is 30.6 Å². The van der Waals surface area contributed by atoms with E-state index in [0.717, 1.165) is 38.6 Å². The van der Waals surface area contributed by atoms with Crippen molar-refractivity contribution >= 4 is 79.2 Å². The van der Waals surface area contributed by atoms with E-state index in [1.807, 2.05) is 40.4 Å². The lowest BCUT2D eigenvalue weighted by Gasteiger charge is -2.49. The standard InChI is InChI=1S/C30H24N6O9S3/c31-30-32-17(13-48-30)20(34-45-23(29(43)44)15-5-6-18(37)19(38)11-15)24(39)33-21-25(40)36-22(28(41)42)16(12-47-27(21)36)4-2-9-35-8-1-3-14-7-10-46-26(14)35/h1-8,10-11,13,21,23,27H,9,12H2,(H6-,31,32,33,34,37,38,39,41,42,43,44)/p+1/b4-2+. The Morgan fingerprint density at radius 1 is 1.19 bits per heavy atom. The van der Waals surface area contributed by atoms with Gasteiger partial charge in [-0.25, -0.2) is 14.6 Å². The van der Waals surface area contributed by atoms with Crippen LogP contribution in [0.5, 0.6) is 11.5 Å². The van der Waals surface area contributed by atoms with E-state index in [2.05, 4.69) is 15.5 Å². The van der Waals surface area contributed by atoms with Crippen molar-refractivity contribution in [3.63, 3.8) is 0 Å². The highest BCUT2D eigenvalue weighted by Crippen LogP contribution is 2.41. The molecule has 2 aliphatic rings. The number of rotatable bonds is 11. The smallest absolute Gasteiger partial charge is 0.352 e. The zero-order chi connectivity index (χ0) is 34.1.